The molecule has 0 spiro atoms. The zero-order valence-corrected chi connectivity index (χ0v) is 14.0. The third-order valence-corrected chi connectivity index (χ3v) is 3.39. The Hall–Kier alpha value is -3.62. The molecule has 1 amide bonds. The van der Waals surface area contributed by atoms with Crippen LogP contribution in [0.4, 0.5) is 11.4 Å². The zero-order valence-electron chi connectivity index (χ0n) is 14.0. The lowest BCUT2D eigenvalue weighted by atomic mass is 10.2. The summed E-state index contributed by atoms with van der Waals surface area (Å²) in [6.07, 6.45) is -1.15. The van der Waals surface area contributed by atoms with Gasteiger partial charge in [-0.1, -0.05) is 6.07 Å². The lowest BCUT2D eigenvalue weighted by Gasteiger charge is -2.15. The third kappa shape index (κ3) is 4.47. The molecular weight excluding hydrogens is 344 g/mol. The van der Waals surface area contributed by atoms with Gasteiger partial charge < -0.3 is 19.9 Å². The fourth-order valence-electron chi connectivity index (χ4n) is 2.05. The molecular formula is C17H16N2O7. The van der Waals surface area contributed by atoms with E-state index in [4.69, 9.17) is 9.47 Å². The van der Waals surface area contributed by atoms with E-state index < -0.39 is 22.9 Å². The molecule has 0 bridgehead atoms. The molecule has 0 fully saturated rings. The first-order valence-electron chi connectivity index (χ1n) is 7.45. The molecule has 26 heavy (non-hydrogen) atoms. The Morgan fingerprint density at radius 2 is 1.96 bits per heavy atom. The third-order valence-electron chi connectivity index (χ3n) is 3.39. The molecule has 136 valence electrons. The number of nitrogens with zero attached hydrogens (tertiary/aromatic N) is 1. The van der Waals surface area contributed by atoms with Gasteiger partial charge in [0.2, 0.25) is 0 Å². The molecule has 1 atom stereocenters. The summed E-state index contributed by atoms with van der Waals surface area (Å²) < 4.78 is 10.1. The molecule has 0 aliphatic heterocycles. The Labute approximate surface area is 148 Å². The number of hydrogen-bond donors (Lipinski definition) is 2. The smallest absolute Gasteiger partial charge is 0.339 e. The molecule has 0 saturated carbocycles. The van der Waals surface area contributed by atoms with E-state index in [0.717, 1.165) is 0 Å². The number of benzene rings is 2. The molecule has 0 aromatic heterocycles. The van der Waals surface area contributed by atoms with E-state index in [1.54, 1.807) is 0 Å². The number of esters is 1. The Morgan fingerprint density at radius 1 is 1.23 bits per heavy atom. The van der Waals surface area contributed by atoms with Crippen molar-refractivity contribution in [3.05, 3.63) is 58.1 Å². The van der Waals surface area contributed by atoms with Crippen molar-refractivity contribution in [2.45, 2.75) is 13.0 Å². The van der Waals surface area contributed by atoms with Crippen LogP contribution in [-0.2, 0) is 9.53 Å². The molecule has 0 saturated heterocycles. The fraction of sp³-hybridized carbons (Fsp3) is 0.176. The molecule has 2 rings (SSSR count). The summed E-state index contributed by atoms with van der Waals surface area (Å²) in [7, 11) is 1.31. The maximum Gasteiger partial charge on any atom is 0.339 e. The highest BCUT2D eigenvalue weighted by Crippen LogP contribution is 2.29. The number of amides is 1. The van der Waals surface area contributed by atoms with Crippen molar-refractivity contribution in [1.29, 1.82) is 0 Å². The highest BCUT2D eigenvalue weighted by atomic mass is 16.6. The number of aromatic hydroxyl groups is 1. The Balaban J connectivity index is 2.07. The number of anilines is 1. The number of phenolic OH excluding ortho intramolecular Hbond substituents is 1. The monoisotopic (exact) mass is 360 g/mol. The van der Waals surface area contributed by atoms with Crippen molar-refractivity contribution in [3.63, 3.8) is 0 Å². The second kappa shape index (κ2) is 7.97. The number of carbonyl (C=O) groups is 2. The average molecular weight is 360 g/mol. The molecule has 9 nitrogen and oxygen atoms in total. The van der Waals surface area contributed by atoms with Crippen LogP contribution in [0.15, 0.2) is 42.5 Å². The van der Waals surface area contributed by atoms with Crippen LogP contribution >= 0.6 is 0 Å². The number of carbonyl (C=O) groups excluding carboxylic acids is 2. The van der Waals surface area contributed by atoms with Crippen molar-refractivity contribution >= 4 is 23.3 Å². The summed E-state index contributed by atoms with van der Waals surface area (Å²) in [4.78, 5) is 34.4. The van der Waals surface area contributed by atoms with Gasteiger partial charge >= 0.3 is 5.97 Å². The van der Waals surface area contributed by atoms with E-state index >= 15 is 0 Å². The van der Waals surface area contributed by atoms with Crippen molar-refractivity contribution in [3.8, 4) is 11.5 Å². The normalized spacial score (nSPS) is 11.3. The quantitative estimate of drug-likeness (QED) is 0.460. The second-order valence-electron chi connectivity index (χ2n) is 5.23. The maximum absolute atomic E-state index is 12.2. The summed E-state index contributed by atoms with van der Waals surface area (Å²) in [6, 6.07) is 9.21. The number of methoxy groups -OCH3 is 1. The number of hydrogen-bond acceptors (Lipinski definition) is 7. The summed E-state index contributed by atoms with van der Waals surface area (Å²) in [6.45, 7) is 1.37. The van der Waals surface area contributed by atoms with E-state index in [2.05, 4.69) is 5.32 Å². The summed E-state index contributed by atoms with van der Waals surface area (Å²) >= 11 is 0. The molecule has 2 aromatic carbocycles. The molecule has 0 aliphatic carbocycles. The van der Waals surface area contributed by atoms with Gasteiger partial charge in [-0.15, -0.1) is 0 Å². The zero-order chi connectivity index (χ0) is 19.3. The van der Waals surface area contributed by atoms with E-state index in [1.165, 1.54) is 56.5 Å². The number of phenols is 1. The van der Waals surface area contributed by atoms with Crippen LogP contribution in [0.3, 0.4) is 0 Å². The Bertz CT molecular complexity index is 851. The number of nitro groups is 1. The first-order chi connectivity index (χ1) is 12.3. The predicted molar refractivity (Wildman–Crippen MR) is 91.3 cm³/mol. The van der Waals surface area contributed by atoms with E-state index in [0.29, 0.717) is 0 Å². The number of nitro benzene ring substituents is 1. The van der Waals surface area contributed by atoms with Gasteiger partial charge in [0.05, 0.1) is 29.4 Å². The molecule has 0 radical (unpaired) electrons. The first-order valence-corrected chi connectivity index (χ1v) is 7.45. The van der Waals surface area contributed by atoms with Crippen LogP contribution in [0.5, 0.6) is 11.5 Å². The van der Waals surface area contributed by atoms with E-state index in [9.17, 15) is 24.8 Å². The summed E-state index contributed by atoms with van der Waals surface area (Å²) in [5, 5.41) is 22.6. The number of rotatable bonds is 6. The van der Waals surface area contributed by atoms with Gasteiger partial charge in [-0.3, -0.25) is 14.9 Å². The lowest BCUT2D eigenvalue weighted by molar-refractivity contribution is -0.384. The van der Waals surface area contributed by atoms with Crippen LogP contribution in [0.2, 0.25) is 0 Å². The van der Waals surface area contributed by atoms with Crippen LogP contribution in [0, 0.1) is 10.1 Å². The summed E-state index contributed by atoms with van der Waals surface area (Å²) in [5.41, 5.74) is 0.101. The van der Waals surface area contributed by atoms with Crippen molar-refractivity contribution < 1.29 is 29.1 Å². The van der Waals surface area contributed by atoms with Crippen LogP contribution in [0.1, 0.15) is 17.3 Å². The predicted octanol–water partition coefficient (Wildman–Crippen LogP) is 2.49. The largest absolute Gasteiger partial charge is 0.508 e. The molecule has 2 N–H and O–H groups in total. The molecule has 0 heterocycles. The highest BCUT2D eigenvalue weighted by Gasteiger charge is 2.21. The Morgan fingerprint density at radius 3 is 2.58 bits per heavy atom. The van der Waals surface area contributed by atoms with Crippen molar-refractivity contribution in [1.82, 2.24) is 0 Å². The summed E-state index contributed by atoms with van der Waals surface area (Å²) in [5.74, 6) is -1.43. The van der Waals surface area contributed by atoms with Gasteiger partial charge in [0, 0.05) is 6.07 Å². The van der Waals surface area contributed by atoms with E-state index in [-0.39, 0.29) is 28.4 Å². The minimum Gasteiger partial charge on any atom is -0.508 e. The maximum atomic E-state index is 12.2. The van der Waals surface area contributed by atoms with Crippen molar-refractivity contribution in [2.75, 3.05) is 12.4 Å². The molecule has 0 aliphatic rings. The molecule has 2 aromatic rings. The lowest BCUT2D eigenvalue weighted by Crippen LogP contribution is -2.30. The van der Waals surface area contributed by atoms with Gasteiger partial charge in [-0.2, -0.15) is 0 Å². The van der Waals surface area contributed by atoms with Gasteiger partial charge in [-0.25, -0.2) is 4.79 Å². The van der Waals surface area contributed by atoms with Gasteiger partial charge in [-0.05, 0) is 31.2 Å². The van der Waals surface area contributed by atoms with Crippen LogP contribution in [0.25, 0.3) is 0 Å². The average Bonchev–Trinajstić information content (AvgIpc) is 2.61. The van der Waals surface area contributed by atoms with Gasteiger partial charge in [0.1, 0.15) is 11.5 Å². The van der Waals surface area contributed by atoms with Crippen molar-refractivity contribution in [2.24, 2.45) is 0 Å². The van der Waals surface area contributed by atoms with Crippen LogP contribution in [-0.4, -0.2) is 35.1 Å². The van der Waals surface area contributed by atoms with Crippen LogP contribution < -0.4 is 10.1 Å². The van der Waals surface area contributed by atoms with E-state index in [1.807, 2.05) is 0 Å². The number of ether oxygens (including phenoxy) is 2. The first kappa shape index (κ1) is 18.7. The topological polar surface area (TPSA) is 128 Å². The molecule has 0 unspecified atom stereocenters. The second-order valence-corrected chi connectivity index (χ2v) is 5.23. The number of nitrogens with one attached hydrogen (secondary N) is 1. The molecule has 9 heteroatoms. The Kier molecular flexibility index (Phi) is 5.74. The minimum absolute atomic E-state index is 0.0950. The highest BCUT2D eigenvalue weighted by molar-refractivity contribution is 5.98. The SMILES string of the molecule is COc1cc([N+](=O)[O-])ccc1NC(=O)[C@H](C)OC(=O)c1cccc(O)c1. The number of non-ortho nitro benzene ring substituents is 1. The van der Waals surface area contributed by atoms with Gasteiger partial charge in [0.25, 0.3) is 11.6 Å². The standard InChI is InChI=1S/C17H16N2O7/c1-10(26-17(22)11-4-3-5-13(20)8-11)16(21)18-14-7-6-12(19(23)24)9-15(14)25-2/h3-10,20H,1-2H3,(H,18,21)/t10-/m0/s1. The van der Waals surface area contributed by atoms with Gasteiger partial charge in [0.15, 0.2) is 6.10 Å². The fourth-order valence-corrected chi connectivity index (χ4v) is 2.05. The minimum atomic E-state index is -1.15.